The quantitative estimate of drug-likeness (QED) is 0.483. The molecule has 0 saturated carbocycles. The normalized spacial score (nSPS) is 10.4. The first-order chi connectivity index (χ1) is 10.1. The first-order valence-corrected chi connectivity index (χ1v) is 6.29. The van der Waals surface area contributed by atoms with E-state index in [0.717, 1.165) is 11.6 Å². The number of ether oxygens (including phenoxy) is 1. The topological polar surface area (TPSA) is 39.2 Å². The lowest BCUT2D eigenvalue weighted by molar-refractivity contribution is 0.0494. The predicted octanol–water partition coefficient (Wildman–Crippen LogP) is 3.29. The van der Waals surface area contributed by atoms with E-state index >= 15 is 0 Å². The maximum atomic E-state index is 13.4. The van der Waals surface area contributed by atoms with Crippen molar-refractivity contribution in [3.05, 3.63) is 65.2 Å². The summed E-state index contributed by atoms with van der Waals surface area (Å²) in [5, 5.41) is 0. The molecule has 0 fully saturated rings. The largest absolute Gasteiger partial charge is 0.462 e. The summed E-state index contributed by atoms with van der Waals surface area (Å²) in [4.78, 5) is 15.5. The Bertz CT molecular complexity index is 632. The molecule has 0 aliphatic carbocycles. The number of rotatable bonds is 5. The molecule has 0 radical (unpaired) electrons. The Balaban J connectivity index is 1.87. The minimum atomic E-state index is -1.68. The van der Waals surface area contributed by atoms with E-state index in [9.17, 15) is 18.0 Å². The Morgan fingerprint density at radius 3 is 2.67 bits per heavy atom. The number of pyridine rings is 1. The van der Waals surface area contributed by atoms with Gasteiger partial charge in [-0.05, 0) is 36.6 Å². The minimum Gasteiger partial charge on any atom is -0.462 e. The molecule has 0 unspecified atom stereocenters. The zero-order valence-electron chi connectivity index (χ0n) is 11.0. The summed E-state index contributed by atoms with van der Waals surface area (Å²) in [6.45, 7) is 0.0478. The maximum Gasteiger partial charge on any atom is 0.341 e. The molecule has 0 aliphatic heterocycles. The Hall–Kier alpha value is -2.37. The van der Waals surface area contributed by atoms with Gasteiger partial charge in [0.15, 0.2) is 17.5 Å². The standard InChI is InChI=1S/C15H12F3NO2/c16-12-6-5-11(13(17)14(12)18)15(20)21-8-2-4-10-3-1-7-19-9-10/h1,3,5-7,9H,2,4,8H2. The van der Waals surface area contributed by atoms with Gasteiger partial charge >= 0.3 is 5.97 Å². The SMILES string of the molecule is O=C(OCCCc1cccnc1)c1ccc(F)c(F)c1F. The van der Waals surface area contributed by atoms with Crippen LogP contribution in [-0.4, -0.2) is 17.6 Å². The molecule has 110 valence electrons. The number of esters is 1. The van der Waals surface area contributed by atoms with Crippen molar-refractivity contribution in [1.29, 1.82) is 0 Å². The van der Waals surface area contributed by atoms with E-state index in [1.165, 1.54) is 0 Å². The lowest BCUT2D eigenvalue weighted by atomic mass is 10.2. The molecule has 2 rings (SSSR count). The average molecular weight is 295 g/mol. The number of aryl methyl sites for hydroxylation is 1. The van der Waals surface area contributed by atoms with Crippen LogP contribution in [0.4, 0.5) is 13.2 Å². The summed E-state index contributed by atoms with van der Waals surface area (Å²) in [7, 11) is 0. The van der Waals surface area contributed by atoms with Gasteiger partial charge < -0.3 is 4.74 Å². The van der Waals surface area contributed by atoms with Crippen molar-refractivity contribution in [2.24, 2.45) is 0 Å². The highest BCUT2D eigenvalue weighted by atomic mass is 19.2. The second-order valence-corrected chi connectivity index (χ2v) is 4.32. The summed E-state index contributed by atoms with van der Waals surface area (Å²) in [5.74, 6) is -5.58. The highest BCUT2D eigenvalue weighted by molar-refractivity contribution is 5.89. The van der Waals surface area contributed by atoms with Gasteiger partial charge in [-0.25, -0.2) is 18.0 Å². The molecule has 1 aromatic carbocycles. The fraction of sp³-hybridized carbons (Fsp3) is 0.200. The van der Waals surface area contributed by atoms with Gasteiger partial charge in [0.1, 0.15) is 0 Å². The van der Waals surface area contributed by atoms with Crippen LogP contribution in [0.15, 0.2) is 36.7 Å². The Morgan fingerprint density at radius 2 is 1.95 bits per heavy atom. The van der Waals surface area contributed by atoms with Crippen LogP contribution in [0.5, 0.6) is 0 Å². The van der Waals surface area contributed by atoms with E-state index in [1.54, 1.807) is 18.5 Å². The molecular formula is C15H12F3NO2. The minimum absolute atomic E-state index is 0.0478. The Kier molecular flexibility index (Phi) is 4.92. The van der Waals surface area contributed by atoms with Crippen molar-refractivity contribution in [3.63, 3.8) is 0 Å². The van der Waals surface area contributed by atoms with Crippen LogP contribution in [-0.2, 0) is 11.2 Å². The molecule has 0 spiro atoms. The van der Waals surface area contributed by atoms with Gasteiger partial charge in [-0.3, -0.25) is 4.98 Å². The zero-order valence-corrected chi connectivity index (χ0v) is 11.0. The van der Waals surface area contributed by atoms with Gasteiger partial charge in [0.25, 0.3) is 0 Å². The second-order valence-electron chi connectivity index (χ2n) is 4.32. The molecular weight excluding hydrogens is 283 g/mol. The van der Waals surface area contributed by atoms with Crippen molar-refractivity contribution >= 4 is 5.97 Å². The van der Waals surface area contributed by atoms with Gasteiger partial charge in [0.05, 0.1) is 12.2 Å². The average Bonchev–Trinajstić information content (AvgIpc) is 2.50. The van der Waals surface area contributed by atoms with E-state index in [0.29, 0.717) is 18.9 Å². The van der Waals surface area contributed by atoms with Crippen LogP contribution in [0.2, 0.25) is 0 Å². The molecule has 3 nitrogen and oxygen atoms in total. The Morgan fingerprint density at radius 1 is 1.14 bits per heavy atom. The first-order valence-electron chi connectivity index (χ1n) is 6.29. The fourth-order valence-electron chi connectivity index (χ4n) is 1.75. The molecule has 0 saturated heterocycles. The maximum absolute atomic E-state index is 13.4. The zero-order chi connectivity index (χ0) is 15.2. The summed E-state index contributed by atoms with van der Waals surface area (Å²) >= 11 is 0. The third-order valence-corrected chi connectivity index (χ3v) is 2.82. The van der Waals surface area contributed by atoms with E-state index in [2.05, 4.69) is 4.98 Å². The summed E-state index contributed by atoms with van der Waals surface area (Å²) in [6.07, 6.45) is 4.50. The highest BCUT2D eigenvalue weighted by Gasteiger charge is 2.19. The summed E-state index contributed by atoms with van der Waals surface area (Å²) in [6, 6.07) is 5.21. The third-order valence-electron chi connectivity index (χ3n) is 2.82. The number of aromatic nitrogens is 1. The second kappa shape index (κ2) is 6.88. The predicted molar refractivity (Wildman–Crippen MR) is 69.2 cm³/mol. The number of nitrogens with zero attached hydrogens (tertiary/aromatic N) is 1. The van der Waals surface area contributed by atoms with Gasteiger partial charge in [-0.1, -0.05) is 6.07 Å². The Labute approximate surface area is 119 Å². The molecule has 2 aromatic rings. The molecule has 0 N–H and O–H groups in total. The number of hydrogen-bond acceptors (Lipinski definition) is 3. The van der Waals surface area contributed by atoms with Crippen LogP contribution in [0.1, 0.15) is 22.3 Å². The molecule has 1 aromatic heterocycles. The van der Waals surface area contributed by atoms with Gasteiger partial charge in [0.2, 0.25) is 0 Å². The van der Waals surface area contributed by atoms with Crippen LogP contribution in [0.25, 0.3) is 0 Å². The molecule has 0 atom stereocenters. The van der Waals surface area contributed by atoms with Gasteiger partial charge in [0, 0.05) is 12.4 Å². The van der Waals surface area contributed by atoms with E-state index in [4.69, 9.17) is 4.74 Å². The fourth-order valence-corrected chi connectivity index (χ4v) is 1.75. The van der Waals surface area contributed by atoms with Crippen molar-refractivity contribution in [3.8, 4) is 0 Å². The van der Waals surface area contributed by atoms with Gasteiger partial charge in [-0.15, -0.1) is 0 Å². The van der Waals surface area contributed by atoms with E-state index < -0.39 is 29.0 Å². The van der Waals surface area contributed by atoms with Crippen molar-refractivity contribution < 1.29 is 22.7 Å². The number of carbonyl (C=O) groups is 1. The monoisotopic (exact) mass is 295 g/mol. The molecule has 21 heavy (non-hydrogen) atoms. The lowest BCUT2D eigenvalue weighted by Gasteiger charge is -2.06. The van der Waals surface area contributed by atoms with Crippen molar-refractivity contribution in [1.82, 2.24) is 4.98 Å². The molecule has 1 heterocycles. The molecule has 0 amide bonds. The molecule has 0 aliphatic rings. The van der Waals surface area contributed by atoms with Crippen molar-refractivity contribution in [2.45, 2.75) is 12.8 Å². The molecule has 6 heteroatoms. The van der Waals surface area contributed by atoms with Crippen LogP contribution in [0, 0.1) is 17.5 Å². The summed E-state index contributed by atoms with van der Waals surface area (Å²) < 4.78 is 43.9. The van der Waals surface area contributed by atoms with Gasteiger partial charge in [-0.2, -0.15) is 0 Å². The number of halogens is 3. The first kappa shape index (κ1) is 15.0. The third kappa shape index (κ3) is 3.81. The van der Waals surface area contributed by atoms with Crippen molar-refractivity contribution in [2.75, 3.05) is 6.61 Å². The number of hydrogen-bond donors (Lipinski definition) is 0. The van der Waals surface area contributed by atoms with E-state index in [-0.39, 0.29) is 6.61 Å². The van der Waals surface area contributed by atoms with Crippen LogP contribution < -0.4 is 0 Å². The van der Waals surface area contributed by atoms with Crippen LogP contribution >= 0.6 is 0 Å². The lowest BCUT2D eigenvalue weighted by Crippen LogP contribution is -2.11. The number of benzene rings is 1. The number of carbonyl (C=O) groups excluding carboxylic acids is 1. The molecule has 0 bridgehead atoms. The smallest absolute Gasteiger partial charge is 0.341 e. The van der Waals surface area contributed by atoms with E-state index in [1.807, 2.05) is 6.07 Å². The summed E-state index contributed by atoms with van der Waals surface area (Å²) in [5.41, 5.74) is 0.364. The highest BCUT2D eigenvalue weighted by Crippen LogP contribution is 2.16. The van der Waals surface area contributed by atoms with Crippen LogP contribution in [0.3, 0.4) is 0 Å².